The molecule has 0 radical (unpaired) electrons. The highest BCUT2D eigenvalue weighted by Crippen LogP contribution is 2.38. The third kappa shape index (κ3) is 4.16. The SMILES string of the molecule is CC1CCCC(Sc2cc(Cl)ccc2CNC2CC2)C1. The van der Waals surface area contributed by atoms with Gasteiger partial charge in [-0.1, -0.05) is 37.4 Å². The Morgan fingerprint density at radius 2 is 2.10 bits per heavy atom. The molecule has 0 amide bonds. The summed E-state index contributed by atoms with van der Waals surface area (Å²) in [4.78, 5) is 1.39. The minimum Gasteiger partial charge on any atom is -0.310 e. The van der Waals surface area contributed by atoms with Crippen LogP contribution in [0, 0.1) is 5.92 Å². The van der Waals surface area contributed by atoms with Gasteiger partial charge in [-0.2, -0.15) is 0 Å². The van der Waals surface area contributed by atoms with Crippen molar-refractivity contribution in [2.24, 2.45) is 5.92 Å². The van der Waals surface area contributed by atoms with E-state index in [1.807, 2.05) is 6.07 Å². The summed E-state index contributed by atoms with van der Waals surface area (Å²) in [6.45, 7) is 3.38. The molecule has 1 N–H and O–H groups in total. The molecule has 0 saturated heterocycles. The fraction of sp³-hybridized carbons (Fsp3) is 0.647. The largest absolute Gasteiger partial charge is 0.310 e. The second-order valence-corrected chi connectivity index (χ2v) is 8.20. The second kappa shape index (κ2) is 6.72. The van der Waals surface area contributed by atoms with Gasteiger partial charge in [-0.3, -0.25) is 0 Å². The van der Waals surface area contributed by atoms with Gasteiger partial charge in [-0.15, -0.1) is 11.8 Å². The molecule has 3 heteroatoms. The lowest BCUT2D eigenvalue weighted by Crippen LogP contribution is -2.17. The Kier molecular flexibility index (Phi) is 4.95. The molecule has 20 heavy (non-hydrogen) atoms. The van der Waals surface area contributed by atoms with E-state index >= 15 is 0 Å². The lowest BCUT2D eigenvalue weighted by molar-refractivity contribution is 0.394. The van der Waals surface area contributed by atoms with Crippen molar-refractivity contribution in [3.05, 3.63) is 28.8 Å². The number of benzene rings is 1. The van der Waals surface area contributed by atoms with Crippen LogP contribution in [0.4, 0.5) is 0 Å². The number of halogens is 1. The summed E-state index contributed by atoms with van der Waals surface area (Å²) in [6, 6.07) is 7.15. The van der Waals surface area contributed by atoms with Crippen LogP contribution in [0.15, 0.2) is 23.1 Å². The summed E-state index contributed by atoms with van der Waals surface area (Å²) in [5, 5.41) is 5.26. The van der Waals surface area contributed by atoms with Gasteiger partial charge in [0.1, 0.15) is 0 Å². The molecule has 2 saturated carbocycles. The molecular formula is C17H24ClNS. The Bertz CT molecular complexity index is 458. The number of hydrogen-bond acceptors (Lipinski definition) is 2. The Morgan fingerprint density at radius 3 is 2.85 bits per heavy atom. The van der Waals surface area contributed by atoms with Crippen LogP contribution in [0.3, 0.4) is 0 Å². The van der Waals surface area contributed by atoms with Gasteiger partial charge in [0.05, 0.1) is 0 Å². The molecule has 110 valence electrons. The number of rotatable bonds is 5. The van der Waals surface area contributed by atoms with E-state index < -0.39 is 0 Å². The maximum atomic E-state index is 6.20. The van der Waals surface area contributed by atoms with Crippen LogP contribution in [0.5, 0.6) is 0 Å². The molecule has 0 bridgehead atoms. The number of nitrogens with one attached hydrogen (secondary N) is 1. The maximum absolute atomic E-state index is 6.20. The predicted octanol–water partition coefficient (Wildman–Crippen LogP) is 5.26. The standard InChI is InChI=1S/C17H24ClNS/c1-12-3-2-4-16(9-12)20-17-10-14(18)6-5-13(17)11-19-15-7-8-15/h5-6,10,12,15-16,19H,2-4,7-9,11H2,1H3. The fourth-order valence-corrected chi connectivity index (χ4v) is 4.78. The Balaban J connectivity index is 1.67. The second-order valence-electron chi connectivity index (χ2n) is 6.42. The van der Waals surface area contributed by atoms with Crippen LogP contribution < -0.4 is 5.32 Å². The smallest absolute Gasteiger partial charge is 0.0417 e. The summed E-state index contributed by atoms with van der Waals surface area (Å²) in [6.07, 6.45) is 8.19. The van der Waals surface area contributed by atoms with Crippen molar-refractivity contribution in [3.8, 4) is 0 Å². The van der Waals surface area contributed by atoms with Gasteiger partial charge in [0.15, 0.2) is 0 Å². The van der Waals surface area contributed by atoms with E-state index in [9.17, 15) is 0 Å². The van der Waals surface area contributed by atoms with E-state index in [-0.39, 0.29) is 0 Å². The lowest BCUT2D eigenvalue weighted by Gasteiger charge is -2.27. The highest BCUT2D eigenvalue weighted by Gasteiger charge is 2.23. The molecule has 2 aliphatic carbocycles. The molecule has 2 aliphatic rings. The zero-order valence-corrected chi connectivity index (χ0v) is 13.8. The Hall–Kier alpha value is -0.180. The number of thioether (sulfide) groups is 1. The average Bonchev–Trinajstić information content (AvgIpc) is 3.22. The molecule has 0 spiro atoms. The van der Waals surface area contributed by atoms with Crippen molar-refractivity contribution in [1.82, 2.24) is 5.32 Å². The molecule has 0 aromatic heterocycles. The molecule has 2 fully saturated rings. The quantitative estimate of drug-likeness (QED) is 0.796. The van der Waals surface area contributed by atoms with Crippen LogP contribution in [-0.4, -0.2) is 11.3 Å². The first-order valence-corrected chi connectivity index (χ1v) is 9.15. The van der Waals surface area contributed by atoms with Crippen LogP contribution in [0.1, 0.15) is 51.0 Å². The predicted molar refractivity (Wildman–Crippen MR) is 88.6 cm³/mol. The van der Waals surface area contributed by atoms with E-state index in [0.29, 0.717) is 0 Å². The highest BCUT2D eigenvalue weighted by atomic mass is 35.5. The van der Waals surface area contributed by atoms with E-state index in [2.05, 4.69) is 36.1 Å². The van der Waals surface area contributed by atoms with Crippen LogP contribution in [0.2, 0.25) is 5.02 Å². The first-order valence-electron chi connectivity index (χ1n) is 7.89. The van der Waals surface area contributed by atoms with Gasteiger partial charge < -0.3 is 5.32 Å². The molecule has 2 atom stereocenters. The van der Waals surface area contributed by atoms with Crippen molar-refractivity contribution >= 4 is 23.4 Å². The topological polar surface area (TPSA) is 12.0 Å². The molecule has 2 unspecified atom stereocenters. The average molecular weight is 310 g/mol. The van der Waals surface area contributed by atoms with Crippen molar-refractivity contribution in [2.45, 2.75) is 68.2 Å². The van der Waals surface area contributed by atoms with Crippen LogP contribution in [-0.2, 0) is 6.54 Å². The van der Waals surface area contributed by atoms with E-state index in [4.69, 9.17) is 11.6 Å². The van der Waals surface area contributed by atoms with Crippen molar-refractivity contribution in [2.75, 3.05) is 0 Å². The van der Waals surface area contributed by atoms with Gasteiger partial charge in [0.25, 0.3) is 0 Å². The molecule has 3 rings (SSSR count). The Morgan fingerprint density at radius 1 is 1.25 bits per heavy atom. The van der Waals surface area contributed by atoms with Gasteiger partial charge in [0.2, 0.25) is 0 Å². The lowest BCUT2D eigenvalue weighted by atomic mass is 9.91. The van der Waals surface area contributed by atoms with Crippen molar-refractivity contribution in [3.63, 3.8) is 0 Å². The van der Waals surface area contributed by atoms with E-state index in [1.165, 1.54) is 49.0 Å². The third-order valence-corrected chi connectivity index (χ3v) is 6.00. The summed E-state index contributed by atoms with van der Waals surface area (Å²) in [5.41, 5.74) is 1.42. The van der Waals surface area contributed by atoms with Crippen molar-refractivity contribution < 1.29 is 0 Å². The van der Waals surface area contributed by atoms with Crippen LogP contribution >= 0.6 is 23.4 Å². The van der Waals surface area contributed by atoms with Crippen LogP contribution in [0.25, 0.3) is 0 Å². The minimum absolute atomic E-state index is 0.762. The Labute approximate surface area is 131 Å². The molecular weight excluding hydrogens is 286 g/mol. The summed E-state index contributed by atoms with van der Waals surface area (Å²) in [7, 11) is 0. The molecule has 1 nitrogen and oxygen atoms in total. The number of hydrogen-bond donors (Lipinski definition) is 1. The molecule has 0 aliphatic heterocycles. The summed E-state index contributed by atoms with van der Waals surface area (Å²) in [5.74, 6) is 0.883. The zero-order chi connectivity index (χ0) is 13.9. The molecule has 1 aromatic rings. The van der Waals surface area contributed by atoms with Gasteiger partial charge >= 0.3 is 0 Å². The molecule has 1 aromatic carbocycles. The van der Waals surface area contributed by atoms with Gasteiger partial charge in [-0.25, -0.2) is 0 Å². The van der Waals surface area contributed by atoms with E-state index in [0.717, 1.165) is 28.8 Å². The minimum atomic E-state index is 0.762. The molecule has 0 heterocycles. The van der Waals surface area contributed by atoms with E-state index in [1.54, 1.807) is 0 Å². The summed E-state index contributed by atoms with van der Waals surface area (Å²) < 4.78 is 0. The fourth-order valence-electron chi connectivity index (χ4n) is 2.99. The maximum Gasteiger partial charge on any atom is 0.0417 e. The van der Waals surface area contributed by atoms with Gasteiger partial charge in [0, 0.05) is 27.8 Å². The third-order valence-electron chi connectivity index (χ3n) is 4.37. The van der Waals surface area contributed by atoms with Crippen molar-refractivity contribution in [1.29, 1.82) is 0 Å². The first kappa shape index (κ1) is 14.7. The monoisotopic (exact) mass is 309 g/mol. The highest BCUT2D eigenvalue weighted by molar-refractivity contribution is 8.00. The van der Waals surface area contributed by atoms with Gasteiger partial charge in [-0.05, 0) is 49.3 Å². The summed E-state index contributed by atoms with van der Waals surface area (Å²) >= 11 is 8.26. The first-order chi connectivity index (χ1) is 9.70. The normalized spacial score (nSPS) is 26.7. The zero-order valence-electron chi connectivity index (χ0n) is 12.2.